The minimum atomic E-state index is -0.289. The number of hydrogen-bond acceptors (Lipinski definition) is 4. The molecule has 3 rings (SSSR count). The smallest absolute Gasteiger partial charge is 0.242 e. The van der Waals surface area contributed by atoms with Crippen LogP contribution in [0.3, 0.4) is 0 Å². The van der Waals surface area contributed by atoms with E-state index < -0.39 is 0 Å². The van der Waals surface area contributed by atoms with Crippen molar-refractivity contribution in [3.8, 4) is 0 Å². The number of benzene rings is 1. The molecule has 0 bridgehead atoms. The van der Waals surface area contributed by atoms with E-state index in [9.17, 15) is 4.79 Å². The van der Waals surface area contributed by atoms with Gasteiger partial charge in [-0.2, -0.15) is 0 Å². The second kappa shape index (κ2) is 5.00. The van der Waals surface area contributed by atoms with Gasteiger partial charge >= 0.3 is 0 Å². The lowest BCUT2D eigenvalue weighted by atomic mass is 10.1. The third-order valence-corrected chi connectivity index (χ3v) is 3.54. The molecule has 1 fully saturated rings. The Morgan fingerprint density at radius 3 is 2.90 bits per heavy atom. The van der Waals surface area contributed by atoms with Crippen molar-refractivity contribution in [2.45, 2.75) is 31.8 Å². The number of nitrogens with two attached hydrogens (primary N) is 1. The number of pyridine rings is 1. The summed E-state index contributed by atoms with van der Waals surface area (Å²) < 4.78 is 0. The van der Waals surface area contributed by atoms with Crippen molar-refractivity contribution in [1.29, 1.82) is 0 Å². The summed E-state index contributed by atoms with van der Waals surface area (Å²) in [6.45, 7) is 1.86. The number of fused-ring (bicyclic) bond motifs is 1. The molecule has 0 aliphatic heterocycles. The zero-order valence-corrected chi connectivity index (χ0v) is 11.4. The first-order valence-electron chi connectivity index (χ1n) is 6.84. The highest BCUT2D eigenvalue weighted by Crippen LogP contribution is 2.28. The van der Waals surface area contributed by atoms with Crippen molar-refractivity contribution in [2.24, 2.45) is 0 Å². The van der Waals surface area contributed by atoms with E-state index in [0.717, 1.165) is 29.3 Å². The van der Waals surface area contributed by atoms with Gasteiger partial charge in [-0.3, -0.25) is 9.78 Å². The van der Waals surface area contributed by atoms with Crippen LogP contribution in [0.1, 0.15) is 19.8 Å². The second-order valence-corrected chi connectivity index (χ2v) is 5.27. The number of hydrogen-bond donors (Lipinski definition) is 3. The summed E-state index contributed by atoms with van der Waals surface area (Å²) >= 11 is 0. The van der Waals surface area contributed by atoms with Crippen molar-refractivity contribution in [1.82, 2.24) is 10.3 Å². The highest BCUT2D eigenvalue weighted by molar-refractivity contribution is 6.01. The number of nitrogens with one attached hydrogen (secondary N) is 2. The first-order valence-corrected chi connectivity index (χ1v) is 6.84. The van der Waals surface area contributed by atoms with Gasteiger partial charge in [0.1, 0.15) is 6.04 Å². The van der Waals surface area contributed by atoms with Crippen molar-refractivity contribution >= 4 is 28.1 Å². The summed E-state index contributed by atoms with van der Waals surface area (Å²) in [6, 6.07) is 5.69. The molecule has 1 aromatic heterocycles. The zero-order valence-electron chi connectivity index (χ0n) is 11.4. The molecule has 1 heterocycles. The van der Waals surface area contributed by atoms with Gasteiger partial charge in [0.15, 0.2) is 0 Å². The van der Waals surface area contributed by atoms with Crippen LogP contribution in [0.2, 0.25) is 0 Å². The molecular weight excluding hydrogens is 252 g/mol. The molecule has 1 aliphatic carbocycles. The van der Waals surface area contributed by atoms with E-state index in [4.69, 9.17) is 5.73 Å². The molecule has 5 nitrogen and oxygen atoms in total. The number of carbonyl (C=O) groups is 1. The summed E-state index contributed by atoms with van der Waals surface area (Å²) in [7, 11) is 0. The lowest BCUT2D eigenvalue weighted by molar-refractivity contribution is -0.121. The first kappa shape index (κ1) is 12.7. The number of nitrogens with zero attached hydrogens (tertiary/aromatic N) is 1. The Labute approximate surface area is 117 Å². The number of anilines is 2. The summed E-state index contributed by atoms with van der Waals surface area (Å²) in [5.41, 5.74) is 7.54. The normalized spacial score (nSPS) is 15.8. The van der Waals surface area contributed by atoms with E-state index in [1.165, 1.54) is 0 Å². The molecular formula is C15H18N4O. The number of rotatable bonds is 4. The van der Waals surface area contributed by atoms with Crippen LogP contribution in [0.4, 0.5) is 11.4 Å². The molecule has 1 unspecified atom stereocenters. The van der Waals surface area contributed by atoms with Crippen LogP contribution in [0.15, 0.2) is 30.6 Å². The molecule has 1 atom stereocenters. The molecule has 1 aliphatic rings. The molecule has 1 aromatic carbocycles. The monoisotopic (exact) mass is 270 g/mol. The van der Waals surface area contributed by atoms with Gasteiger partial charge < -0.3 is 16.4 Å². The minimum Gasteiger partial charge on any atom is -0.398 e. The molecule has 2 aromatic rings. The lowest BCUT2D eigenvalue weighted by Gasteiger charge is -2.17. The number of aromatic nitrogens is 1. The van der Waals surface area contributed by atoms with Gasteiger partial charge in [-0.25, -0.2) is 0 Å². The maximum Gasteiger partial charge on any atom is 0.242 e. The summed E-state index contributed by atoms with van der Waals surface area (Å²) in [4.78, 5) is 16.1. The number of nitrogen functional groups attached to an aromatic ring is 1. The third kappa shape index (κ3) is 2.52. The molecule has 1 amide bonds. The maximum absolute atomic E-state index is 12.0. The van der Waals surface area contributed by atoms with Crippen molar-refractivity contribution in [3.63, 3.8) is 0 Å². The zero-order chi connectivity index (χ0) is 14.1. The van der Waals surface area contributed by atoms with Crippen LogP contribution in [0, 0.1) is 0 Å². The van der Waals surface area contributed by atoms with E-state index in [-0.39, 0.29) is 11.9 Å². The maximum atomic E-state index is 12.0. The van der Waals surface area contributed by atoms with Gasteiger partial charge in [-0.05, 0) is 38.0 Å². The lowest BCUT2D eigenvalue weighted by Crippen LogP contribution is -2.38. The van der Waals surface area contributed by atoms with Gasteiger partial charge in [0.05, 0.1) is 0 Å². The predicted molar refractivity (Wildman–Crippen MR) is 80.4 cm³/mol. The topological polar surface area (TPSA) is 80.0 Å². The number of amides is 1. The Hall–Kier alpha value is -2.30. The second-order valence-electron chi connectivity index (χ2n) is 5.27. The standard InChI is InChI=1S/C15H18N4O/c1-9(15(20)19-10-2-3-10)18-14-5-4-13(16)11-6-7-17-8-12(11)14/h4-10,18H,2-3,16H2,1H3,(H,19,20). The molecule has 5 heteroatoms. The van der Waals surface area contributed by atoms with Crippen molar-refractivity contribution < 1.29 is 4.79 Å². The fourth-order valence-electron chi connectivity index (χ4n) is 2.19. The molecule has 0 radical (unpaired) electrons. The molecule has 104 valence electrons. The van der Waals surface area contributed by atoms with E-state index in [1.54, 1.807) is 12.4 Å². The van der Waals surface area contributed by atoms with Gasteiger partial charge in [0.2, 0.25) is 5.91 Å². The Morgan fingerprint density at radius 1 is 1.35 bits per heavy atom. The Balaban J connectivity index is 1.83. The molecule has 0 spiro atoms. The van der Waals surface area contributed by atoms with Crippen molar-refractivity contribution in [2.75, 3.05) is 11.1 Å². The van der Waals surface area contributed by atoms with Gasteiger partial charge in [-0.1, -0.05) is 0 Å². The summed E-state index contributed by atoms with van der Waals surface area (Å²) in [5, 5.41) is 8.10. The van der Waals surface area contributed by atoms with E-state index in [1.807, 2.05) is 25.1 Å². The van der Waals surface area contributed by atoms with Gasteiger partial charge in [0, 0.05) is 40.6 Å². The molecule has 4 N–H and O–H groups in total. The van der Waals surface area contributed by atoms with Crippen LogP contribution in [-0.4, -0.2) is 23.0 Å². The fourth-order valence-corrected chi connectivity index (χ4v) is 2.19. The Bertz CT molecular complexity index is 651. The van der Waals surface area contributed by atoms with Crippen LogP contribution in [0.5, 0.6) is 0 Å². The minimum absolute atomic E-state index is 0.0290. The van der Waals surface area contributed by atoms with E-state index >= 15 is 0 Å². The van der Waals surface area contributed by atoms with Crippen LogP contribution < -0.4 is 16.4 Å². The average molecular weight is 270 g/mol. The highest BCUT2D eigenvalue weighted by atomic mass is 16.2. The summed E-state index contributed by atoms with van der Waals surface area (Å²) in [6.07, 6.45) is 5.66. The Morgan fingerprint density at radius 2 is 2.15 bits per heavy atom. The van der Waals surface area contributed by atoms with Crippen LogP contribution in [0.25, 0.3) is 10.8 Å². The Kier molecular flexibility index (Phi) is 3.18. The highest BCUT2D eigenvalue weighted by Gasteiger charge is 2.25. The van der Waals surface area contributed by atoms with E-state index in [0.29, 0.717) is 11.7 Å². The number of carbonyl (C=O) groups excluding carboxylic acids is 1. The van der Waals surface area contributed by atoms with E-state index in [2.05, 4.69) is 15.6 Å². The largest absolute Gasteiger partial charge is 0.398 e. The van der Waals surface area contributed by atoms with Gasteiger partial charge in [0.25, 0.3) is 0 Å². The molecule has 1 saturated carbocycles. The first-order chi connectivity index (χ1) is 9.65. The van der Waals surface area contributed by atoms with Crippen molar-refractivity contribution in [3.05, 3.63) is 30.6 Å². The van der Waals surface area contributed by atoms with Crippen LogP contribution in [-0.2, 0) is 4.79 Å². The summed E-state index contributed by atoms with van der Waals surface area (Å²) in [5.74, 6) is 0.0290. The quantitative estimate of drug-likeness (QED) is 0.741. The van der Waals surface area contributed by atoms with Crippen LogP contribution >= 0.6 is 0 Å². The molecule has 0 saturated heterocycles. The average Bonchev–Trinajstić information content (AvgIpc) is 3.26. The third-order valence-electron chi connectivity index (χ3n) is 3.54. The SMILES string of the molecule is CC(Nc1ccc(N)c2ccncc12)C(=O)NC1CC1. The van der Waals surface area contributed by atoms with Gasteiger partial charge in [-0.15, -0.1) is 0 Å². The molecule has 20 heavy (non-hydrogen) atoms. The predicted octanol–water partition coefficient (Wildman–Crippen LogP) is 1.90. The fraction of sp³-hybridized carbons (Fsp3) is 0.333.